The second-order valence-electron chi connectivity index (χ2n) is 4.86. The molecule has 2 aromatic rings. The van der Waals surface area contributed by atoms with Crippen molar-refractivity contribution in [2.75, 3.05) is 5.73 Å². The molecule has 0 aliphatic rings. The Morgan fingerprint density at radius 1 is 1.23 bits per heavy atom. The number of amides is 1. The van der Waals surface area contributed by atoms with E-state index in [0.29, 0.717) is 16.8 Å². The molecule has 0 spiro atoms. The fourth-order valence-corrected chi connectivity index (χ4v) is 2.42. The first-order valence-electron chi connectivity index (χ1n) is 6.57. The average molecular weight is 363 g/mol. The molecule has 0 aliphatic carbocycles. The molecule has 22 heavy (non-hydrogen) atoms. The molecule has 4 N–H and O–H groups in total. The fourth-order valence-electron chi connectivity index (χ4n) is 2.04. The van der Waals surface area contributed by atoms with Crippen molar-refractivity contribution in [1.82, 2.24) is 5.32 Å². The van der Waals surface area contributed by atoms with Crippen LogP contribution in [-0.4, -0.2) is 17.0 Å². The highest BCUT2D eigenvalue weighted by Gasteiger charge is 2.15. The highest BCUT2D eigenvalue weighted by Crippen LogP contribution is 2.20. The quantitative estimate of drug-likeness (QED) is 0.728. The van der Waals surface area contributed by atoms with Gasteiger partial charge in [0.1, 0.15) is 0 Å². The van der Waals surface area contributed by atoms with Gasteiger partial charge < -0.3 is 16.2 Å². The van der Waals surface area contributed by atoms with E-state index in [1.165, 1.54) is 12.1 Å². The molecule has 0 aliphatic heterocycles. The first-order chi connectivity index (χ1) is 10.4. The summed E-state index contributed by atoms with van der Waals surface area (Å²) >= 11 is 3.29. The molecular formula is C16H15BrN2O3. The number of carbonyl (C=O) groups is 2. The Morgan fingerprint density at radius 3 is 2.59 bits per heavy atom. The molecule has 2 aromatic carbocycles. The summed E-state index contributed by atoms with van der Waals surface area (Å²) in [6.07, 6.45) is 0. The molecule has 1 atom stereocenters. The first kappa shape index (κ1) is 16.0. The first-order valence-corrected chi connectivity index (χ1v) is 7.37. The van der Waals surface area contributed by atoms with Gasteiger partial charge in [0.25, 0.3) is 5.91 Å². The number of halogens is 1. The minimum absolute atomic E-state index is 0.182. The van der Waals surface area contributed by atoms with Crippen molar-refractivity contribution in [3.63, 3.8) is 0 Å². The number of rotatable bonds is 4. The van der Waals surface area contributed by atoms with E-state index >= 15 is 0 Å². The summed E-state index contributed by atoms with van der Waals surface area (Å²) in [5, 5.41) is 11.8. The number of nitrogens with two attached hydrogens (primary N) is 1. The molecule has 0 heterocycles. The Labute approximate surface area is 136 Å². The van der Waals surface area contributed by atoms with Gasteiger partial charge in [-0.2, -0.15) is 0 Å². The summed E-state index contributed by atoms with van der Waals surface area (Å²) in [6.45, 7) is 1.79. The van der Waals surface area contributed by atoms with Crippen LogP contribution in [-0.2, 0) is 0 Å². The maximum atomic E-state index is 12.3. The third-order valence-electron chi connectivity index (χ3n) is 3.24. The van der Waals surface area contributed by atoms with Gasteiger partial charge in [-0.15, -0.1) is 0 Å². The third-order valence-corrected chi connectivity index (χ3v) is 3.73. The van der Waals surface area contributed by atoms with E-state index < -0.39 is 5.97 Å². The van der Waals surface area contributed by atoms with Crippen LogP contribution >= 0.6 is 15.9 Å². The summed E-state index contributed by atoms with van der Waals surface area (Å²) in [6, 6.07) is 11.2. The van der Waals surface area contributed by atoms with Crippen molar-refractivity contribution in [3.8, 4) is 0 Å². The molecule has 0 bridgehead atoms. The molecular weight excluding hydrogens is 348 g/mol. The second kappa shape index (κ2) is 6.62. The Kier molecular flexibility index (Phi) is 4.82. The minimum Gasteiger partial charge on any atom is -0.478 e. The molecule has 0 saturated heterocycles. The smallest absolute Gasteiger partial charge is 0.335 e. The Bertz CT molecular complexity index is 731. The van der Waals surface area contributed by atoms with Gasteiger partial charge in [-0.05, 0) is 42.8 Å². The standard InChI is InChI=1S/C16H15BrN2O3/c1-9(10-3-2-4-11(7-10)16(21)22)19-15(20)13-6-5-12(17)8-14(13)18/h2-9H,18H2,1H3,(H,19,20)(H,21,22)/t9-/m1/s1. The zero-order valence-corrected chi connectivity index (χ0v) is 13.4. The summed E-state index contributed by atoms with van der Waals surface area (Å²) in [5.74, 6) is -1.31. The average Bonchev–Trinajstić information content (AvgIpc) is 2.47. The van der Waals surface area contributed by atoms with Gasteiger partial charge in [0.15, 0.2) is 0 Å². The van der Waals surface area contributed by atoms with Crippen molar-refractivity contribution in [1.29, 1.82) is 0 Å². The normalized spacial score (nSPS) is 11.7. The van der Waals surface area contributed by atoms with Crippen molar-refractivity contribution in [2.24, 2.45) is 0 Å². The van der Waals surface area contributed by atoms with E-state index in [1.807, 2.05) is 0 Å². The van der Waals surface area contributed by atoms with Crippen LogP contribution < -0.4 is 11.1 Å². The number of benzene rings is 2. The summed E-state index contributed by atoms with van der Waals surface area (Å²) < 4.78 is 0.795. The predicted octanol–water partition coefficient (Wildman–Crippen LogP) is 3.22. The van der Waals surface area contributed by atoms with Gasteiger partial charge in [-0.1, -0.05) is 28.1 Å². The maximum Gasteiger partial charge on any atom is 0.335 e. The number of hydrogen-bond acceptors (Lipinski definition) is 3. The number of nitrogens with one attached hydrogen (secondary N) is 1. The monoisotopic (exact) mass is 362 g/mol. The third kappa shape index (κ3) is 3.65. The van der Waals surface area contributed by atoms with E-state index in [9.17, 15) is 9.59 Å². The molecule has 0 aromatic heterocycles. The lowest BCUT2D eigenvalue weighted by atomic mass is 10.0. The highest BCUT2D eigenvalue weighted by molar-refractivity contribution is 9.10. The number of carboxylic acid groups (broad SMARTS) is 1. The van der Waals surface area contributed by atoms with Gasteiger partial charge in [0.05, 0.1) is 17.2 Å². The van der Waals surface area contributed by atoms with Gasteiger partial charge in [-0.3, -0.25) is 4.79 Å². The van der Waals surface area contributed by atoms with Crippen molar-refractivity contribution < 1.29 is 14.7 Å². The zero-order valence-electron chi connectivity index (χ0n) is 11.8. The highest BCUT2D eigenvalue weighted by atomic mass is 79.9. The van der Waals surface area contributed by atoms with Crippen molar-refractivity contribution in [3.05, 3.63) is 63.6 Å². The summed E-state index contributed by atoms with van der Waals surface area (Å²) in [4.78, 5) is 23.2. The number of hydrogen-bond donors (Lipinski definition) is 3. The van der Waals surface area contributed by atoms with E-state index in [2.05, 4.69) is 21.2 Å². The zero-order chi connectivity index (χ0) is 16.3. The van der Waals surface area contributed by atoms with Crippen LogP contribution in [0.5, 0.6) is 0 Å². The summed E-state index contributed by atoms with van der Waals surface area (Å²) in [7, 11) is 0. The second-order valence-corrected chi connectivity index (χ2v) is 5.77. The fraction of sp³-hybridized carbons (Fsp3) is 0.125. The van der Waals surface area contributed by atoms with Crippen LogP contribution in [0.3, 0.4) is 0 Å². The molecule has 0 saturated carbocycles. The van der Waals surface area contributed by atoms with E-state index in [-0.39, 0.29) is 17.5 Å². The lowest BCUT2D eigenvalue weighted by Crippen LogP contribution is -2.27. The maximum absolute atomic E-state index is 12.3. The molecule has 0 unspecified atom stereocenters. The molecule has 0 radical (unpaired) electrons. The van der Waals surface area contributed by atoms with Crippen LogP contribution in [0.15, 0.2) is 46.9 Å². The van der Waals surface area contributed by atoms with Gasteiger partial charge in [0.2, 0.25) is 0 Å². The van der Waals surface area contributed by atoms with Crippen LogP contribution in [0.25, 0.3) is 0 Å². The predicted molar refractivity (Wildman–Crippen MR) is 87.8 cm³/mol. The molecule has 2 rings (SSSR count). The van der Waals surface area contributed by atoms with Crippen molar-refractivity contribution >= 4 is 33.5 Å². The molecule has 1 amide bonds. The van der Waals surface area contributed by atoms with E-state index in [1.54, 1.807) is 37.3 Å². The lowest BCUT2D eigenvalue weighted by Gasteiger charge is -2.16. The molecule has 114 valence electrons. The minimum atomic E-state index is -1.00. The number of carbonyl (C=O) groups excluding carboxylic acids is 1. The number of carboxylic acids is 1. The Morgan fingerprint density at radius 2 is 1.95 bits per heavy atom. The number of nitrogen functional groups attached to an aromatic ring is 1. The van der Waals surface area contributed by atoms with E-state index in [4.69, 9.17) is 10.8 Å². The Balaban J connectivity index is 2.17. The van der Waals surface area contributed by atoms with Crippen LogP contribution in [0.1, 0.15) is 39.2 Å². The van der Waals surface area contributed by atoms with Crippen LogP contribution in [0, 0.1) is 0 Å². The van der Waals surface area contributed by atoms with E-state index in [0.717, 1.165) is 4.47 Å². The number of aromatic carboxylic acids is 1. The summed E-state index contributed by atoms with van der Waals surface area (Å²) in [5.41, 5.74) is 7.48. The van der Waals surface area contributed by atoms with Gasteiger partial charge in [-0.25, -0.2) is 4.79 Å². The van der Waals surface area contributed by atoms with Crippen molar-refractivity contribution in [2.45, 2.75) is 13.0 Å². The number of anilines is 1. The van der Waals surface area contributed by atoms with Crippen LogP contribution in [0.2, 0.25) is 0 Å². The van der Waals surface area contributed by atoms with Crippen LogP contribution in [0.4, 0.5) is 5.69 Å². The molecule has 6 heteroatoms. The topological polar surface area (TPSA) is 92.4 Å². The largest absolute Gasteiger partial charge is 0.478 e. The Hall–Kier alpha value is -2.34. The lowest BCUT2D eigenvalue weighted by molar-refractivity contribution is 0.0696. The van der Waals surface area contributed by atoms with Gasteiger partial charge in [0, 0.05) is 10.2 Å². The SMILES string of the molecule is C[C@@H](NC(=O)c1ccc(Br)cc1N)c1cccc(C(=O)O)c1. The van der Waals surface area contributed by atoms with Gasteiger partial charge >= 0.3 is 5.97 Å². The molecule has 0 fully saturated rings. The molecule has 5 nitrogen and oxygen atoms in total.